The second-order valence-corrected chi connectivity index (χ2v) is 3.07. The molecule has 1 rings (SSSR count). The van der Waals surface area contributed by atoms with Gasteiger partial charge in [0.05, 0.1) is 0 Å². The average Bonchev–Trinajstić information content (AvgIpc) is 2.19. The van der Waals surface area contributed by atoms with E-state index in [1.54, 1.807) is 0 Å². The summed E-state index contributed by atoms with van der Waals surface area (Å²) in [6, 6.07) is 0. The fourth-order valence-electron chi connectivity index (χ4n) is 1.13. The lowest BCUT2D eigenvalue weighted by Crippen LogP contribution is -2.13. The maximum atomic E-state index is 7.21. The van der Waals surface area contributed by atoms with Crippen LogP contribution in [-0.2, 0) is 0 Å². The Labute approximate surface area is 62.0 Å². The van der Waals surface area contributed by atoms with Crippen LogP contribution in [0.1, 0.15) is 20.8 Å². The SMILES string of the molecule is CC1=C(C)C(C)(C=N)C=C1. The van der Waals surface area contributed by atoms with Crippen molar-refractivity contribution < 1.29 is 0 Å². The molecule has 0 amide bonds. The van der Waals surface area contributed by atoms with Crippen LogP contribution in [0.15, 0.2) is 23.3 Å². The molecule has 1 atom stereocenters. The van der Waals surface area contributed by atoms with Gasteiger partial charge in [-0.25, -0.2) is 0 Å². The summed E-state index contributed by atoms with van der Waals surface area (Å²) < 4.78 is 0. The molecule has 0 aromatic heterocycles. The minimum Gasteiger partial charge on any atom is -0.312 e. The van der Waals surface area contributed by atoms with Crippen LogP contribution in [0.3, 0.4) is 0 Å². The van der Waals surface area contributed by atoms with Gasteiger partial charge in [0.15, 0.2) is 0 Å². The van der Waals surface area contributed by atoms with Crippen LogP contribution in [0.2, 0.25) is 0 Å². The van der Waals surface area contributed by atoms with Gasteiger partial charge in [-0.2, -0.15) is 0 Å². The third kappa shape index (κ3) is 0.821. The summed E-state index contributed by atoms with van der Waals surface area (Å²) in [6.07, 6.45) is 5.65. The molecule has 1 nitrogen and oxygen atoms in total. The Morgan fingerprint density at radius 2 is 2.10 bits per heavy atom. The van der Waals surface area contributed by atoms with Crippen molar-refractivity contribution in [3.05, 3.63) is 23.3 Å². The molecule has 0 saturated heterocycles. The lowest BCUT2D eigenvalue weighted by atomic mass is 9.86. The Balaban J connectivity index is 3.07. The van der Waals surface area contributed by atoms with E-state index in [0.717, 1.165) is 0 Å². The van der Waals surface area contributed by atoms with Crippen LogP contribution >= 0.6 is 0 Å². The minimum absolute atomic E-state index is 0.0932. The normalized spacial score (nSPS) is 31.5. The summed E-state index contributed by atoms with van der Waals surface area (Å²) in [5.41, 5.74) is 2.50. The summed E-state index contributed by atoms with van der Waals surface area (Å²) in [6.45, 7) is 6.23. The average molecular weight is 135 g/mol. The van der Waals surface area contributed by atoms with Crippen molar-refractivity contribution in [3.8, 4) is 0 Å². The first-order valence-corrected chi connectivity index (χ1v) is 3.49. The minimum atomic E-state index is -0.0932. The molecular weight excluding hydrogens is 122 g/mol. The molecule has 0 spiro atoms. The highest BCUT2D eigenvalue weighted by molar-refractivity contribution is 5.73. The fourth-order valence-corrected chi connectivity index (χ4v) is 1.13. The van der Waals surface area contributed by atoms with E-state index in [9.17, 15) is 0 Å². The predicted molar refractivity (Wildman–Crippen MR) is 44.4 cm³/mol. The maximum absolute atomic E-state index is 7.21. The molecule has 0 bridgehead atoms. The molecule has 0 heterocycles. The predicted octanol–water partition coefficient (Wildman–Crippen LogP) is 2.55. The summed E-state index contributed by atoms with van der Waals surface area (Å²) in [7, 11) is 0. The van der Waals surface area contributed by atoms with Gasteiger partial charge in [-0.05, 0) is 20.8 Å². The summed E-state index contributed by atoms with van der Waals surface area (Å²) in [5.74, 6) is 0. The van der Waals surface area contributed by atoms with Gasteiger partial charge in [0.1, 0.15) is 0 Å². The van der Waals surface area contributed by atoms with E-state index >= 15 is 0 Å². The second kappa shape index (κ2) is 2.08. The van der Waals surface area contributed by atoms with Crippen LogP contribution in [0.5, 0.6) is 0 Å². The first-order chi connectivity index (χ1) is 4.60. The van der Waals surface area contributed by atoms with Crippen molar-refractivity contribution in [3.63, 3.8) is 0 Å². The highest BCUT2D eigenvalue weighted by Crippen LogP contribution is 2.34. The van der Waals surface area contributed by atoms with Gasteiger partial charge in [0.2, 0.25) is 0 Å². The van der Waals surface area contributed by atoms with E-state index in [0.29, 0.717) is 0 Å². The maximum Gasteiger partial charge on any atom is 0.0415 e. The Kier molecular flexibility index (Phi) is 1.51. The molecular formula is C9H13N. The molecule has 54 valence electrons. The van der Waals surface area contributed by atoms with Gasteiger partial charge in [-0.15, -0.1) is 0 Å². The Hall–Kier alpha value is -0.850. The largest absolute Gasteiger partial charge is 0.312 e. The third-order valence-electron chi connectivity index (χ3n) is 2.38. The molecule has 1 heteroatoms. The molecule has 1 aliphatic carbocycles. The van der Waals surface area contributed by atoms with Gasteiger partial charge in [-0.1, -0.05) is 23.3 Å². The molecule has 0 saturated carbocycles. The molecule has 0 aromatic carbocycles. The Morgan fingerprint density at radius 3 is 2.30 bits per heavy atom. The number of nitrogens with one attached hydrogen (secondary N) is 1. The molecule has 0 radical (unpaired) electrons. The van der Waals surface area contributed by atoms with Gasteiger partial charge >= 0.3 is 0 Å². The van der Waals surface area contributed by atoms with Gasteiger partial charge in [0.25, 0.3) is 0 Å². The van der Waals surface area contributed by atoms with Crippen molar-refractivity contribution >= 4 is 6.21 Å². The number of rotatable bonds is 1. The third-order valence-corrected chi connectivity index (χ3v) is 2.38. The van der Waals surface area contributed by atoms with Crippen LogP contribution in [0, 0.1) is 10.8 Å². The van der Waals surface area contributed by atoms with Gasteiger partial charge < -0.3 is 5.41 Å². The van der Waals surface area contributed by atoms with Crippen molar-refractivity contribution in [2.75, 3.05) is 0 Å². The summed E-state index contributed by atoms with van der Waals surface area (Å²) in [4.78, 5) is 0. The molecule has 0 aromatic rings. The fraction of sp³-hybridized carbons (Fsp3) is 0.444. The van der Waals surface area contributed by atoms with Crippen molar-refractivity contribution in [1.82, 2.24) is 0 Å². The quantitative estimate of drug-likeness (QED) is 0.534. The molecule has 10 heavy (non-hydrogen) atoms. The Bertz CT molecular complexity index is 223. The standard InChI is InChI=1S/C9H13N/c1-7-4-5-9(3,6-10)8(7)2/h4-6,10H,1-3H3. The lowest BCUT2D eigenvalue weighted by Gasteiger charge is -2.17. The molecule has 1 aliphatic rings. The van der Waals surface area contributed by atoms with Crippen molar-refractivity contribution in [2.45, 2.75) is 20.8 Å². The zero-order valence-electron chi connectivity index (χ0n) is 6.73. The summed E-state index contributed by atoms with van der Waals surface area (Å²) in [5, 5.41) is 7.21. The van der Waals surface area contributed by atoms with E-state index in [2.05, 4.69) is 32.9 Å². The highest BCUT2D eigenvalue weighted by Gasteiger charge is 2.24. The smallest absolute Gasteiger partial charge is 0.0415 e. The van der Waals surface area contributed by atoms with E-state index in [1.807, 2.05) is 0 Å². The van der Waals surface area contributed by atoms with Gasteiger partial charge in [-0.3, -0.25) is 0 Å². The lowest BCUT2D eigenvalue weighted by molar-refractivity contribution is 0.736. The number of hydrogen-bond donors (Lipinski definition) is 1. The zero-order chi connectivity index (χ0) is 7.78. The Morgan fingerprint density at radius 1 is 1.50 bits per heavy atom. The van der Waals surface area contributed by atoms with Crippen LogP contribution in [0.4, 0.5) is 0 Å². The van der Waals surface area contributed by atoms with Gasteiger partial charge in [0, 0.05) is 11.6 Å². The zero-order valence-corrected chi connectivity index (χ0v) is 6.73. The summed E-state index contributed by atoms with van der Waals surface area (Å²) >= 11 is 0. The van der Waals surface area contributed by atoms with E-state index in [1.165, 1.54) is 17.4 Å². The first kappa shape index (κ1) is 7.26. The van der Waals surface area contributed by atoms with Crippen LogP contribution in [-0.4, -0.2) is 6.21 Å². The van der Waals surface area contributed by atoms with Crippen LogP contribution < -0.4 is 0 Å². The second-order valence-electron chi connectivity index (χ2n) is 3.07. The molecule has 1 N–H and O–H groups in total. The molecule has 0 aliphatic heterocycles. The van der Waals surface area contributed by atoms with E-state index in [4.69, 9.17) is 5.41 Å². The van der Waals surface area contributed by atoms with Crippen molar-refractivity contribution in [1.29, 1.82) is 5.41 Å². The monoisotopic (exact) mass is 135 g/mol. The van der Waals surface area contributed by atoms with E-state index < -0.39 is 0 Å². The number of hydrogen-bond acceptors (Lipinski definition) is 1. The molecule has 1 unspecified atom stereocenters. The van der Waals surface area contributed by atoms with Crippen LogP contribution in [0.25, 0.3) is 0 Å². The van der Waals surface area contributed by atoms with E-state index in [-0.39, 0.29) is 5.41 Å². The first-order valence-electron chi connectivity index (χ1n) is 3.49. The molecule has 0 fully saturated rings. The van der Waals surface area contributed by atoms with Crippen molar-refractivity contribution in [2.24, 2.45) is 5.41 Å². The highest BCUT2D eigenvalue weighted by atomic mass is 14.4. The number of allylic oxidation sites excluding steroid dienone is 4. The topological polar surface area (TPSA) is 23.9 Å².